The number of hydrogen-bond acceptors (Lipinski definition) is 8. The first-order valence-electron chi connectivity index (χ1n) is 12.2. The van der Waals surface area contributed by atoms with Crippen molar-refractivity contribution in [3.05, 3.63) is 84.4 Å². The smallest absolute Gasteiger partial charge is 0.407 e. The molecule has 2 N–H and O–H groups in total. The van der Waals surface area contributed by atoms with Crippen LogP contribution in [-0.4, -0.2) is 66.2 Å². The molecule has 11 heteroatoms. The van der Waals surface area contributed by atoms with Crippen LogP contribution in [0.1, 0.15) is 25.0 Å². The van der Waals surface area contributed by atoms with Crippen LogP contribution in [0.15, 0.2) is 78.2 Å². The van der Waals surface area contributed by atoms with Crippen molar-refractivity contribution in [3.8, 4) is 5.75 Å². The third-order valence-electron chi connectivity index (χ3n) is 5.71. The molecule has 3 aromatic rings. The van der Waals surface area contributed by atoms with Gasteiger partial charge in [-0.25, -0.2) is 23.2 Å². The van der Waals surface area contributed by atoms with E-state index in [0.717, 1.165) is 5.56 Å². The Kier molecular flexibility index (Phi) is 10.6. The highest BCUT2D eigenvalue weighted by Crippen LogP contribution is 2.21. The van der Waals surface area contributed by atoms with E-state index in [4.69, 9.17) is 9.47 Å². The van der Waals surface area contributed by atoms with Crippen LogP contribution in [0.25, 0.3) is 0 Å². The van der Waals surface area contributed by atoms with Crippen LogP contribution in [0.2, 0.25) is 0 Å². The zero-order valence-electron chi connectivity index (χ0n) is 21.7. The second-order valence-electron chi connectivity index (χ2n) is 9.22. The minimum absolute atomic E-state index is 0.00573. The average Bonchev–Trinajstić information content (AvgIpc) is 2.92. The number of rotatable bonds is 13. The normalized spacial score (nSPS) is 13.2. The number of aromatic nitrogens is 2. The molecule has 2 atom stereocenters. The molecule has 0 saturated carbocycles. The number of nitrogens with one attached hydrogen (secondary N) is 1. The largest absolute Gasteiger partial charge is 0.497 e. The summed E-state index contributed by atoms with van der Waals surface area (Å²) in [5.74, 6) is 0.529. The van der Waals surface area contributed by atoms with Crippen molar-refractivity contribution < 1.29 is 27.8 Å². The van der Waals surface area contributed by atoms with Gasteiger partial charge in [0.2, 0.25) is 10.0 Å². The average molecular weight is 543 g/mol. The Hall–Kier alpha value is -3.54. The molecule has 0 fully saturated rings. The van der Waals surface area contributed by atoms with Crippen molar-refractivity contribution in [3.63, 3.8) is 0 Å². The molecular formula is C27H34N4O6S. The number of carbonyl (C=O) groups excluding carboxylic acids is 1. The number of aliphatic hydroxyl groups is 1. The molecule has 0 spiro atoms. The molecule has 1 heterocycles. The summed E-state index contributed by atoms with van der Waals surface area (Å²) >= 11 is 0. The Balaban J connectivity index is 1.79. The molecule has 10 nitrogen and oxygen atoms in total. The topological polar surface area (TPSA) is 131 Å². The number of methoxy groups -OCH3 is 1. The summed E-state index contributed by atoms with van der Waals surface area (Å²) in [5, 5.41) is 14.0. The fraction of sp³-hybridized carbons (Fsp3) is 0.370. The second-order valence-corrected chi connectivity index (χ2v) is 11.2. The van der Waals surface area contributed by atoms with Gasteiger partial charge in [-0.3, -0.25) is 0 Å². The first kappa shape index (κ1) is 29.0. The van der Waals surface area contributed by atoms with Gasteiger partial charge in [0.1, 0.15) is 18.7 Å². The molecule has 38 heavy (non-hydrogen) atoms. The maximum absolute atomic E-state index is 13.5. The van der Waals surface area contributed by atoms with E-state index in [1.165, 1.54) is 42.3 Å². The summed E-state index contributed by atoms with van der Waals surface area (Å²) in [6.07, 6.45) is 2.73. The van der Waals surface area contributed by atoms with Crippen LogP contribution in [0.5, 0.6) is 5.75 Å². The molecule has 0 saturated heterocycles. The van der Waals surface area contributed by atoms with E-state index < -0.39 is 28.3 Å². The minimum Gasteiger partial charge on any atom is -0.497 e. The van der Waals surface area contributed by atoms with Crippen molar-refractivity contribution in [1.82, 2.24) is 19.6 Å². The lowest BCUT2D eigenvalue weighted by molar-refractivity contribution is 0.0872. The zero-order chi connectivity index (χ0) is 27.5. The van der Waals surface area contributed by atoms with Gasteiger partial charge in [0, 0.05) is 31.0 Å². The third-order valence-corrected chi connectivity index (χ3v) is 7.55. The monoisotopic (exact) mass is 542 g/mol. The number of nitrogens with zero attached hydrogens (tertiary/aromatic N) is 3. The first-order valence-corrected chi connectivity index (χ1v) is 13.7. The summed E-state index contributed by atoms with van der Waals surface area (Å²) in [7, 11) is -2.43. The molecule has 1 unspecified atom stereocenters. The zero-order valence-corrected chi connectivity index (χ0v) is 22.5. The highest BCUT2D eigenvalue weighted by Gasteiger charge is 2.31. The number of carbonyl (C=O) groups is 1. The Morgan fingerprint density at radius 1 is 1.00 bits per heavy atom. The van der Waals surface area contributed by atoms with Gasteiger partial charge in [0.15, 0.2) is 0 Å². The lowest BCUT2D eigenvalue weighted by Gasteiger charge is -2.30. The number of hydrogen-bond donors (Lipinski definition) is 2. The number of alkyl carbamates (subject to hydrolysis) is 1. The Labute approximate surface area is 223 Å². The SMILES string of the molecule is COc1ccc(S(=O)(=O)N(CC(C)C)C[C@@H](O)C(Cc2ccccc2)NC(=O)OCc2cncnc2)cc1. The second kappa shape index (κ2) is 13.8. The highest BCUT2D eigenvalue weighted by atomic mass is 32.2. The van der Waals surface area contributed by atoms with E-state index in [9.17, 15) is 18.3 Å². The number of aliphatic hydroxyl groups excluding tert-OH is 1. The fourth-order valence-corrected chi connectivity index (χ4v) is 5.43. The van der Waals surface area contributed by atoms with Gasteiger partial charge in [-0.2, -0.15) is 4.31 Å². The van der Waals surface area contributed by atoms with E-state index in [1.807, 2.05) is 44.2 Å². The maximum atomic E-state index is 13.5. The van der Waals surface area contributed by atoms with Crippen LogP contribution < -0.4 is 10.1 Å². The fourth-order valence-electron chi connectivity index (χ4n) is 3.81. The molecule has 0 aliphatic carbocycles. The Morgan fingerprint density at radius 3 is 2.26 bits per heavy atom. The highest BCUT2D eigenvalue weighted by molar-refractivity contribution is 7.89. The van der Waals surface area contributed by atoms with Gasteiger partial charge in [-0.05, 0) is 42.2 Å². The molecule has 0 radical (unpaired) electrons. The number of benzene rings is 2. The quantitative estimate of drug-likeness (QED) is 0.337. The number of ether oxygens (including phenoxy) is 2. The first-order chi connectivity index (χ1) is 18.2. The van der Waals surface area contributed by atoms with Crippen molar-refractivity contribution in [2.75, 3.05) is 20.2 Å². The molecule has 3 rings (SSSR count). The van der Waals surface area contributed by atoms with Crippen molar-refractivity contribution in [2.45, 2.75) is 43.9 Å². The van der Waals surface area contributed by atoms with Crippen molar-refractivity contribution in [1.29, 1.82) is 0 Å². The molecular weight excluding hydrogens is 508 g/mol. The van der Waals surface area contributed by atoms with Gasteiger partial charge in [0.25, 0.3) is 0 Å². The molecule has 2 aromatic carbocycles. The predicted octanol–water partition coefficient (Wildman–Crippen LogP) is 3.03. The van der Waals surface area contributed by atoms with Crippen molar-refractivity contribution >= 4 is 16.1 Å². The van der Waals surface area contributed by atoms with E-state index in [-0.39, 0.29) is 36.9 Å². The molecule has 0 bridgehead atoms. The van der Waals surface area contributed by atoms with Crippen molar-refractivity contribution in [2.24, 2.45) is 5.92 Å². The summed E-state index contributed by atoms with van der Waals surface area (Å²) in [6.45, 7) is 3.70. The van der Waals surface area contributed by atoms with Gasteiger partial charge in [-0.15, -0.1) is 0 Å². The Bertz CT molecular complexity index is 1240. The lowest BCUT2D eigenvalue weighted by atomic mass is 10.0. The van der Waals surface area contributed by atoms with E-state index in [1.54, 1.807) is 12.1 Å². The van der Waals surface area contributed by atoms with Crippen LogP contribution in [0, 0.1) is 5.92 Å². The summed E-state index contributed by atoms with van der Waals surface area (Å²) in [4.78, 5) is 20.5. The predicted molar refractivity (Wildman–Crippen MR) is 142 cm³/mol. The molecule has 0 aliphatic rings. The Morgan fingerprint density at radius 2 is 1.66 bits per heavy atom. The van der Waals surface area contributed by atoms with Crippen LogP contribution >= 0.6 is 0 Å². The van der Waals surface area contributed by atoms with E-state index in [2.05, 4.69) is 15.3 Å². The summed E-state index contributed by atoms with van der Waals surface area (Å²) < 4.78 is 38.7. The molecule has 204 valence electrons. The third kappa shape index (κ3) is 8.51. The van der Waals surface area contributed by atoms with Gasteiger partial charge >= 0.3 is 6.09 Å². The van der Waals surface area contributed by atoms with E-state index in [0.29, 0.717) is 11.3 Å². The number of sulfonamides is 1. The van der Waals surface area contributed by atoms with Crippen LogP contribution in [0.4, 0.5) is 4.79 Å². The molecule has 1 aromatic heterocycles. The van der Waals surface area contributed by atoms with Gasteiger partial charge in [-0.1, -0.05) is 44.2 Å². The molecule has 0 aliphatic heterocycles. The summed E-state index contributed by atoms with van der Waals surface area (Å²) in [5.41, 5.74) is 1.47. The maximum Gasteiger partial charge on any atom is 0.407 e. The molecule has 1 amide bonds. The van der Waals surface area contributed by atoms with Crippen LogP contribution in [-0.2, 0) is 27.8 Å². The van der Waals surface area contributed by atoms with Gasteiger partial charge < -0.3 is 19.9 Å². The number of amides is 1. The van der Waals surface area contributed by atoms with Crippen LogP contribution in [0.3, 0.4) is 0 Å². The minimum atomic E-state index is -3.94. The van der Waals surface area contributed by atoms with E-state index >= 15 is 0 Å². The van der Waals surface area contributed by atoms with Gasteiger partial charge in [0.05, 0.1) is 24.2 Å². The lowest BCUT2D eigenvalue weighted by Crippen LogP contribution is -2.51. The summed E-state index contributed by atoms with van der Waals surface area (Å²) in [6, 6.07) is 14.6. The standard InChI is InChI=1S/C27H34N4O6S/c1-20(2)16-31(38(34,35)24-11-9-23(36-3)10-12-24)17-26(32)25(13-21-7-5-4-6-8-21)30-27(33)37-18-22-14-28-19-29-15-22/h4-12,14-15,19-20,25-26,32H,13,16-18H2,1-3H3,(H,30,33)/t25?,26-/m1/s1.